The molecule has 0 radical (unpaired) electrons. The molecule has 2 saturated heterocycles. The van der Waals surface area contributed by atoms with Crippen molar-refractivity contribution in [3.63, 3.8) is 0 Å². The molecule has 0 saturated carbocycles. The number of rotatable bonds is 6. The Balaban J connectivity index is 1.18. The molecule has 186 valence electrons. The molecule has 2 aliphatic heterocycles. The van der Waals surface area contributed by atoms with Crippen LogP contribution in [0.4, 0.5) is 9.52 Å². The van der Waals surface area contributed by atoms with Gasteiger partial charge in [-0.15, -0.1) is 0 Å². The number of nitrogens with zero attached hydrogens (tertiary/aromatic N) is 6. The largest absolute Gasteiger partial charge is 0.477 e. The van der Waals surface area contributed by atoms with Crippen molar-refractivity contribution >= 4 is 32.4 Å². The van der Waals surface area contributed by atoms with Crippen LogP contribution in [0.2, 0.25) is 0 Å². The lowest BCUT2D eigenvalue weighted by Crippen LogP contribution is -2.47. The fourth-order valence-electron chi connectivity index (χ4n) is 4.47. The molecule has 0 spiro atoms. The Labute approximate surface area is 206 Å². The van der Waals surface area contributed by atoms with Crippen molar-refractivity contribution in [3.8, 4) is 17.1 Å². The van der Waals surface area contributed by atoms with Gasteiger partial charge in [0.15, 0.2) is 33.3 Å². The minimum atomic E-state index is -3.53. The summed E-state index contributed by atoms with van der Waals surface area (Å²) in [6.07, 6.45) is 5.88. The predicted octanol–water partition coefficient (Wildman–Crippen LogP) is 2.13. The van der Waals surface area contributed by atoms with Crippen molar-refractivity contribution in [2.45, 2.75) is 36.3 Å². The topological polar surface area (TPSA) is 111 Å². The summed E-state index contributed by atoms with van der Waals surface area (Å²) in [6, 6.07) is 3.55. The summed E-state index contributed by atoms with van der Waals surface area (Å²) in [5.41, 5.74) is 0.876. The van der Waals surface area contributed by atoms with E-state index in [0.29, 0.717) is 18.8 Å². The molecule has 3 aromatic rings. The van der Waals surface area contributed by atoms with Crippen molar-refractivity contribution in [1.29, 1.82) is 0 Å². The number of hydrogen-bond acceptors (Lipinski definition) is 9. The molecular formula is C22H25FN6O4S2. The van der Waals surface area contributed by atoms with E-state index < -0.39 is 21.8 Å². The third kappa shape index (κ3) is 4.87. The van der Waals surface area contributed by atoms with Crippen LogP contribution < -0.4 is 9.64 Å². The normalized spacial score (nSPS) is 19.5. The van der Waals surface area contributed by atoms with Gasteiger partial charge >= 0.3 is 0 Å². The van der Waals surface area contributed by atoms with Gasteiger partial charge in [-0.3, -0.25) is 9.48 Å². The first-order chi connectivity index (χ1) is 16.7. The Morgan fingerprint density at radius 2 is 1.94 bits per heavy atom. The molecule has 2 fully saturated rings. The standard InChI is InChI=1S/C22H25FN6O4S2/c1-27-13-14(12-24-27)20-25-22(34-26-20)28-8-5-15(6-9-28)29-10-7-19(21(29)30)33-18-4-3-16(11-17(18)23)35(2,31)32/h3-4,11-13,15,19H,5-10H2,1-2H3. The van der Waals surface area contributed by atoms with Gasteiger partial charge in [-0.1, -0.05) is 0 Å². The number of benzene rings is 1. The van der Waals surface area contributed by atoms with E-state index in [0.717, 1.165) is 48.9 Å². The summed E-state index contributed by atoms with van der Waals surface area (Å²) >= 11 is 1.35. The van der Waals surface area contributed by atoms with Gasteiger partial charge in [-0.2, -0.15) is 14.5 Å². The number of sulfone groups is 1. The van der Waals surface area contributed by atoms with Crippen LogP contribution in [0.1, 0.15) is 19.3 Å². The van der Waals surface area contributed by atoms with E-state index in [1.165, 1.54) is 23.7 Å². The Bertz CT molecular complexity index is 1350. The number of anilines is 1. The maximum Gasteiger partial charge on any atom is 0.263 e. The number of aryl methyl sites for hydroxylation is 1. The highest BCUT2D eigenvalue weighted by molar-refractivity contribution is 7.90. The molecule has 10 nitrogen and oxygen atoms in total. The number of likely N-dealkylation sites (tertiary alicyclic amines) is 1. The molecule has 1 aromatic carbocycles. The van der Waals surface area contributed by atoms with Gasteiger partial charge in [-0.05, 0) is 31.0 Å². The predicted molar refractivity (Wildman–Crippen MR) is 128 cm³/mol. The van der Waals surface area contributed by atoms with E-state index in [4.69, 9.17) is 4.74 Å². The molecule has 2 aromatic heterocycles. The third-order valence-corrected chi connectivity index (χ3v) is 8.23. The van der Waals surface area contributed by atoms with Crippen molar-refractivity contribution in [3.05, 3.63) is 36.4 Å². The second kappa shape index (κ2) is 9.19. The molecule has 0 N–H and O–H groups in total. The van der Waals surface area contributed by atoms with E-state index in [2.05, 4.69) is 19.4 Å². The van der Waals surface area contributed by atoms with E-state index in [9.17, 15) is 17.6 Å². The molecule has 2 aliphatic rings. The molecule has 13 heteroatoms. The zero-order valence-corrected chi connectivity index (χ0v) is 20.9. The van der Waals surface area contributed by atoms with Crippen LogP contribution in [0.25, 0.3) is 11.4 Å². The molecule has 35 heavy (non-hydrogen) atoms. The smallest absolute Gasteiger partial charge is 0.263 e. The first kappa shape index (κ1) is 23.7. The number of piperidine rings is 1. The summed E-state index contributed by atoms with van der Waals surface area (Å²) in [5, 5.41) is 5.01. The first-order valence-electron chi connectivity index (χ1n) is 11.2. The van der Waals surface area contributed by atoms with E-state index >= 15 is 0 Å². The van der Waals surface area contributed by atoms with Crippen LogP contribution in [0, 0.1) is 5.82 Å². The lowest BCUT2D eigenvalue weighted by Gasteiger charge is -2.36. The van der Waals surface area contributed by atoms with E-state index in [1.54, 1.807) is 10.9 Å². The Morgan fingerprint density at radius 3 is 2.60 bits per heavy atom. The number of carbonyl (C=O) groups is 1. The second-order valence-corrected chi connectivity index (χ2v) is 11.6. The van der Waals surface area contributed by atoms with Crippen molar-refractivity contribution in [1.82, 2.24) is 24.0 Å². The van der Waals surface area contributed by atoms with Gasteiger partial charge in [-0.25, -0.2) is 12.8 Å². The molecule has 1 amide bonds. The fourth-order valence-corrected chi connectivity index (χ4v) is 5.85. The maximum atomic E-state index is 14.4. The van der Waals surface area contributed by atoms with Crippen LogP contribution in [-0.2, 0) is 21.7 Å². The van der Waals surface area contributed by atoms with Crippen molar-refractivity contribution < 1.29 is 22.3 Å². The number of hydrogen-bond donors (Lipinski definition) is 0. The van der Waals surface area contributed by atoms with Gasteiger partial charge in [0.05, 0.1) is 16.7 Å². The van der Waals surface area contributed by atoms with Gasteiger partial charge in [0.1, 0.15) is 0 Å². The van der Waals surface area contributed by atoms with Crippen LogP contribution in [-0.4, -0.2) is 76.4 Å². The monoisotopic (exact) mass is 520 g/mol. The van der Waals surface area contributed by atoms with Gasteiger partial charge < -0.3 is 14.5 Å². The first-order valence-corrected chi connectivity index (χ1v) is 13.9. The van der Waals surface area contributed by atoms with Gasteiger partial charge in [0, 0.05) is 63.1 Å². The third-order valence-electron chi connectivity index (χ3n) is 6.35. The Morgan fingerprint density at radius 1 is 1.17 bits per heavy atom. The summed E-state index contributed by atoms with van der Waals surface area (Å²) in [7, 11) is -1.68. The quantitative estimate of drug-likeness (QED) is 0.486. The summed E-state index contributed by atoms with van der Waals surface area (Å²) in [5.74, 6) is -0.417. The second-order valence-electron chi connectivity index (χ2n) is 8.81. The Kier molecular flexibility index (Phi) is 6.21. The summed E-state index contributed by atoms with van der Waals surface area (Å²) in [4.78, 5) is 21.5. The molecule has 0 bridgehead atoms. The van der Waals surface area contributed by atoms with E-state index in [-0.39, 0.29) is 22.6 Å². The minimum Gasteiger partial charge on any atom is -0.477 e. The highest BCUT2D eigenvalue weighted by Crippen LogP contribution is 2.30. The summed E-state index contributed by atoms with van der Waals surface area (Å²) in [6.45, 7) is 2.05. The van der Waals surface area contributed by atoms with Crippen LogP contribution in [0.15, 0.2) is 35.5 Å². The van der Waals surface area contributed by atoms with Crippen molar-refractivity contribution in [2.75, 3.05) is 30.8 Å². The molecule has 0 aliphatic carbocycles. The number of aromatic nitrogens is 4. The summed E-state index contributed by atoms with van der Waals surface area (Å²) < 4.78 is 49.4. The molecule has 1 unspecified atom stereocenters. The lowest BCUT2D eigenvalue weighted by molar-refractivity contribution is -0.135. The molecule has 5 rings (SSSR count). The fraction of sp³-hybridized carbons (Fsp3) is 0.455. The van der Waals surface area contributed by atoms with E-state index in [1.807, 2.05) is 18.1 Å². The number of halogens is 1. The maximum absolute atomic E-state index is 14.4. The zero-order chi connectivity index (χ0) is 24.7. The average Bonchev–Trinajstić information content (AvgIpc) is 3.55. The minimum absolute atomic E-state index is 0.0792. The number of carbonyl (C=O) groups excluding carboxylic acids is 1. The highest BCUT2D eigenvalue weighted by Gasteiger charge is 2.39. The molecule has 4 heterocycles. The van der Waals surface area contributed by atoms with Gasteiger partial charge in [0.2, 0.25) is 5.13 Å². The number of amides is 1. The highest BCUT2D eigenvalue weighted by atomic mass is 32.2. The average molecular weight is 521 g/mol. The van der Waals surface area contributed by atoms with Crippen LogP contribution >= 0.6 is 11.5 Å². The van der Waals surface area contributed by atoms with Crippen LogP contribution in [0.5, 0.6) is 5.75 Å². The Hall–Kier alpha value is -3.06. The zero-order valence-electron chi connectivity index (χ0n) is 19.3. The number of ether oxygens (including phenoxy) is 1. The SMILES string of the molecule is Cn1cc(-c2nsc(N3CCC(N4CCC(Oc5ccc(S(C)(=O)=O)cc5F)C4=O)CC3)n2)cn1. The van der Waals surface area contributed by atoms with Crippen molar-refractivity contribution in [2.24, 2.45) is 7.05 Å². The van der Waals surface area contributed by atoms with Gasteiger partial charge in [0.25, 0.3) is 5.91 Å². The van der Waals surface area contributed by atoms with Crippen LogP contribution in [0.3, 0.4) is 0 Å². The molecular weight excluding hydrogens is 495 g/mol. The molecule has 1 atom stereocenters. The lowest BCUT2D eigenvalue weighted by atomic mass is 10.0.